The first kappa shape index (κ1) is 11.0. The molecule has 0 bridgehead atoms. The van der Waals surface area contributed by atoms with Crippen LogP contribution in [0, 0.1) is 0 Å². The van der Waals surface area contributed by atoms with Crippen LogP contribution in [0.1, 0.15) is 28.4 Å². The van der Waals surface area contributed by atoms with E-state index in [1.807, 2.05) is 6.92 Å². The highest BCUT2D eigenvalue weighted by atomic mass is 16.5. The summed E-state index contributed by atoms with van der Waals surface area (Å²) in [7, 11) is 1.49. The van der Waals surface area contributed by atoms with Crippen molar-refractivity contribution in [3.63, 3.8) is 0 Å². The molecule has 1 aromatic carbocycles. The lowest BCUT2D eigenvalue weighted by Gasteiger charge is -2.25. The molecule has 0 aromatic heterocycles. The van der Waals surface area contributed by atoms with Gasteiger partial charge in [0.05, 0.1) is 25.4 Å². The third-order valence-electron chi connectivity index (χ3n) is 2.83. The molecule has 0 aliphatic carbocycles. The molecule has 0 saturated heterocycles. The van der Waals surface area contributed by atoms with Crippen LogP contribution in [0.4, 0.5) is 0 Å². The fourth-order valence-electron chi connectivity index (χ4n) is 2.04. The summed E-state index contributed by atoms with van der Waals surface area (Å²) in [4.78, 5) is 10.9. The van der Waals surface area contributed by atoms with Crippen molar-refractivity contribution in [2.75, 3.05) is 7.11 Å². The van der Waals surface area contributed by atoms with Gasteiger partial charge in [-0.2, -0.15) is 0 Å². The Morgan fingerprint density at radius 1 is 1.62 bits per heavy atom. The van der Waals surface area contributed by atoms with Gasteiger partial charge in [-0.05, 0) is 25.0 Å². The van der Waals surface area contributed by atoms with Crippen molar-refractivity contribution in [2.45, 2.75) is 26.1 Å². The number of aldehydes is 1. The van der Waals surface area contributed by atoms with Crippen LogP contribution in [0.15, 0.2) is 6.07 Å². The average Bonchev–Trinajstić information content (AvgIpc) is 2.26. The number of ether oxygens (including phenoxy) is 2. The van der Waals surface area contributed by atoms with Crippen LogP contribution in [0.3, 0.4) is 0 Å². The van der Waals surface area contributed by atoms with Crippen LogP contribution in [-0.4, -0.2) is 24.6 Å². The molecule has 2 rings (SSSR count). The van der Waals surface area contributed by atoms with Crippen molar-refractivity contribution in [1.82, 2.24) is 0 Å². The predicted octanol–water partition coefficient (Wildman–Crippen LogP) is 1.67. The van der Waals surface area contributed by atoms with Crippen molar-refractivity contribution in [3.05, 3.63) is 22.8 Å². The maximum absolute atomic E-state index is 10.9. The number of benzene rings is 1. The van der Waals surface area contributed by atoms with E-state index in [2.05, 4.69) is 0 Å². The SMILES string of the molecule is COc1c(C=O)c(O)cc2c1COC(C)C2. The Kier molecular flexibility index (Phi) is 2.83. The minimum absolute atomic E-state index is 0.0281. The molecule has 0 radical (unpaired) electrons. The number of phenols is 1. The van der Waals surface area contributed by atoms with Crippen molar-refractivity contribution in [1.29, 1.82) is 0 Å². The number of carbonyl (C=O) groups excluding carboxylic acids is 1. The standard InChI is InChI=1S/C12H14O4/c1-7-3-8-4-11(14)9(5-13)12(15-2)10(8)6-16-7/h4-5,7,14H,3,6H2,1-2H3. The predicted molar refractivity (Wildman–Crippen MR) is 58.0 cm³/mol. The quantitative estimate of drug-likeness (QED) is 0.773. The lowest BCUT2D eigenvalue weighted by atomic mass is 9.95. The van der Waals surface area contributed by atoms with Crippen molar-refractivity contribution in [2.24, 2.45) is 0 Å². The minimum Gasteiger partial charge on any atom is -0.507 e. The molecule has 1 unspecified atom stereocenters. The first-order chi connectivity index (χ1) is 7.67. The summed E-state index contributed by atoms with van der Waals surface area (Å²) < 4.78 is 10.7. The zero-order chi connectivity index (χ0) is 11.7. The molecular weight excluding hydrogens is 208 g/mol. The van der Waals surface area contributed by atoms with Crippen molar-refractivity contribution >= 4 is 6.29 Å². The van der Waals surface area contributed by atoms with Gasteiger partial charge in [-0.25, -0.2) is 0 Å². The molecule has 4 heteroatoms. The van der Waals surface area contributed by atoms with E-state index in [9.17, 15) is 9.90 Å². The number of hydrogen-bond donors (Lipinski definition) is 1. The lowest BCUT2D eigenvalue weighted by molar-refractivity contribution is 0.0394. The third-order valence-corrected chi connectivity index (χ3v) is 2.83. The van der Waals surface area contributed by atoms with Crippen LogP contribution in [-0.2, 0) is 17.8 Å². The molecule has 1 aromatic rings. The number of rotatable bonds is 2. The Morgan fingerprint density at radius 3 is 3.00 bits per heavy atom. The smallest absolute Gasteiger partial charge is 0.157 e. The van der Waals surface area contributed by atoms with E-state index in [4.69, 9.17) is 9.47 Å². The van der Waals surface area contributed by atoms with Gasteiger partial charge in [0, 0.05) is 5.56 Å². The summed E-state index contributed by atoms with van der Waals surface area (Å²) in [6, 6.07) is 1.63. The molecule has 1 aliphatic heterocycles. The Morgan fingerprint density at radius 2 is 2.38 bits per heavy atom. The Balaban J connectivity index is 2.60. The summed E-state index contributed by atoms with van der Waals surface area (Å²) in [6.45, 7) is 2.39. The number of carbonyl (C=O) groups is 1. The summed E-state index contributed by atoms with van der Waals surface area (Å²) in [6.07, 6.45) is 1.45. The van der Waals surface area contributed by atoms with Crippen LogP contribution >= 0.6 is 0 Å². The summed E-state index contributed by atoms with van der Waals surface area (Å²) in [5.74, 6) is 0.400. The van der Waals surface area contributed by atoms with Gasteiger partial charge < -0.3 is 14.6 Å². The zero-order valence-electron chi connectivity index (χ0n) is 9.32. The molecule has 0 spiro atoms. The molecule has 1 atom stereocenters. The monoisotopic (exact) mass is 222 g/mol. The normalized spacial score (nSPS) is 19.0. The second-order valence-corrected chi connectivity index (χ2v) is 3.92. The second-order valence-electron chi connectivity index (χ2n) is 3.92. The molecule has 4 nitrogen and oxygen atoms in total. The van der Waals surface area contributed by atoms with E-state index < -0.39 is 0 Å². The number of hydrogen-bond acceptors (Lipinski definition) is 4. The van der Waals surface area contributed by atoms with Gasteiger partial charge in [0.15, 0.2) is 6.29 Å². The van der Waals surface area contributed by atoms with E-state index in [1.54, 1.807) is 6.07 Å². The maximum Gasteiger partial charge on any atom is 0.157 e. The van der Waals surface area contributed by atoms with Gasteiger partial charge in [0.2, 0.25) is 0 Å². The molecule has 1 aliphatic rings. The molecule has 1 heterocycles. The second kappa shape index (κ2) is 4.14. The maximum atomic E-state index is 10.9. The molecule has 86 valence electrons. The minimum atomic E-state index is -0.0281. The largest absolute Gasteiger partial charge is 0.507 e. The van der Waals surface area contributed by atoms with Crippen LogP contribution in [0.2, 0.25) is 0 Å². The Bertz CT molecular complexity index is 426. The lowest BCUT2D eigenvalue weighted by Crippen LogP contribution is -2.20. The zero-order valence-corrected chi connectivity index (χ0v) is 9.32. The first-order valence-electron chi connectivity index (χ1n) is 5.15. The number of fused-ring (bicyclic) bond motifs is 1. The topological polar surface area (TPSA) is 55.8 Å². The van der Waals surface area contributed by atoms with Gasteiger partial charge in [-0.15, -0.1) is 0 Å². The highest BCUT2D eigenvalue weighted by Crippen LogP contribution is 2.36. The molecule has 0 saturated carbocycles. The van der Waals surface area contributed by atoms with Gasteiger partial charge in [-0.1, -0.05) is 0 Å². The third kappa shape index (κ3) is 1.65. The Hall–Kier alpha value is -1.55. The number of phenolic OH excluding ortho intramolecular Hbond substituents is 1. The van der Waals surface area contributed by atoms with Gasteiger partial charge in [-0.3, -0.25) is 4.79 Å². The average molecular weight is 222 g/mol. The summed E-state index contributed by atoms with van der Waals surface area (Å²) in [5.41, 5.74) is 2.04. The molecule has 16 heavy (non-hydrogen) atoms. The highest BCUT2D eigenvalue weighted by Gasteiger charge is 2.23. The van der Waals surface area contributed by atoms with E-state index in [-0.39, 0.29) is 17.4 Å². The highest BCUT2D eigenvalue weighted by molar-refractivity contribution is 5.85. The first-order valence-corrected chi connectivity index (χ1v) is 5.15. The van der Waals surface area contributed by atoms with E-state index in [1.165, 1.54) is 7.11 Å². The number of methoxy groups -OCH3 is 1. The van der Waals surface area contributed by atoms with Crippen LogP contribution < -0.4 is 4.74 Å². The fraction of sp³-hybridized carbons (Fsp3) is 0.417. The molecule has 1 N–H and O–H groups in total. The molecular formula is C12H14O4. The van der Waals surface area contributed by atoms with Crippen molar-refractivity contribution in [3.8, 4) is 11.5 Å². The van der Waals surface area contributed by atoms with Gasteiger partial charge in [0.25, 0.3) is 0 Å². The summed E-state index contributed by atoms with van der Waals surface area (Å²) >= 11 is 0. The van der Waals surface area contributed by atoms with E-state index in [0.29, 0.717) is 18.6 Å². The molecule has 0 fully saturated rings. The summed E-state index contributed by atoms with van der Waals surface area (Å²) in [5, 5.41) is 9.71. The van der Waals surface area contributed by atoms with Crippen LogP contribution in [0.25, 0.3) is 0 Å². The molecule has 0 amide bonds. The van der Waals surface area contributed by atoms with Crippen LogP contribution in [0.5, 0.6) is 11.5 Å². The Labute approximate surface area is 93.8 Å². The fourth-order valence-corrected chi connectivity index (χ4v) is 2.04. The van der Waals surface area contributed by atoms with Gasteiger partial charge in [0.1, 0.15) is 11.5 Å². The van der Waals surface area contributed by atoms with E-state index >= 15 is 0 Å². The van der Waals surface area contributed by atoms with Crippen molar-refractivity contribution < 1.29 is 19.4 Å². The number of aromatic hydroxyl groups is 1. The van der Waals surface area contributed by atoms with Gasteiger partial charge >= 0.3 is 0 Å². The van der Waals surface area contributed by atoms with E-state index in [0.717, 1.165) is 17.5 Å².